The molecule has 2 aromatic rings. The van der Waals surface area contributed by atoms with E-state index >= 15 is 0 Å². The molecule has 0 unspecified atom stereocenters. The Bertz CT molecular complexity index is 1990. The highest BCUT2D eigenvalue weighted by Gasteiger charge is 2.62. The van der Waals surface area contributed by atoms with Crippen LogP contribution in [0.15, 0.2) is 35.1 Å². The first kappa shape index (κ1) is 36.8. The lowest BCUT2D eigenvalue weighted by atomic mass is 9.96. The number of fused-ring (bicyclic) bond motifs is 5. The lowest BCUT2D eigenvalue weighted by Gasteiger charge is -2.32. The van der Waals surface area contributed by atoms with Crippen LogP contribution in [0, 0.1) is 17.8 Å². The number of amides is 4. The van der Waals surface area contributed by atoms with Crippen LogP contribution in [0.4, 0.5) is 4.79 Å². The Labute approximate surface area is 315 Å². The summed E-state index contributed by atoms with van der Waals surface area (Å²) in [4.78, 5) is 71.3. The molecule has 14 nitrogen and oxygen atoms in total. The molecule has 7 atom stereocenters. The predicted octanol–water partition coefficient (Wildman–Crippen LogP) is 3.49. The van der Waals surface area contributed by atoms with Crippen molar-refractivity contribution in [3.8, 4) is 5.88 Å². The molecule has 3 N–H and O–H groups in total. The molecule has 4 aliphatic carbocycles. The maximum Gasteiger partial charge on any atom is 0.408 e. The van der Waals surface area contributed by atoms with E-state index in [1.54, 1.807) is 10.6 Å². The topological polar surface area (TPSA) is 182 Å². The molecule has 0 radical (unpaired) electrons. The third-order valence-electron chi connectivity index (χ3n) is 12.6. The van der Waals surface area contributed by atoms with Crippen LogP contribution in [-0.2, 0) is 35.7 Å². The Morgan fingerprint density at radius 3 is 2.43 bits per heavy atom. The van der Waals surface area contributed by atoms with Gasteiger partial charge in [0.25, 0.3) is 11.5 Å². The zero-order valence-electron chi connectivity index (χ0n) is 30.8. The zero-order chi connectivity index (χ0) is 37.8. The average Bonchev–Trinajstić information content (AvgIpc) is 4.11. The number of sulfonamides is 1. The quantitative estimate of drug-likeness (QED) is 0.380. The Hall–Kier alpha value is -4.14. The van der Waals surface area contributed by atoms with E-state index in [9.17, 15) is 32.4 Å². The minimum Gasteiger partial charge on any atom is -0.473 e. The van der Waals surface area contributed by atoms with Crippen LogP contribution in [0.3, 0.4) is 0 Å². The summed E-state index contributed by atoms with van der Waals surface area (Å²) in [6.45, 7) is 2.30. The molecule has 292 valence electrons. The first-order valence-electron chi connectivity index (χ1n) is 19.9. The number of carbonyl (C=O) groups is 4. The van der Waals surface area contributed by atoms with Crippen molar-refractivity contribution in [3.05, 3.63) is 40.7 Å². The fourth-order valence-electron chi connectivity index (χ4n) is 9.09. The molecule has 2 bridgehead atoms. The van der Waals surface area contributed by atoms with Gasteiger partial charge in [-0.1, -0.05) is 57.2 Å². The van der Waals surface area contributed by atoms with E-state index in [1.165, 1.54) is 4.90 Å². The summed E-state index contributed by atoms with van der Waals surface area (Å²) in [5, 5.41) is 6.46. The molecule has 4 amide bonds. The van der Waals surface area contributed by atoms with Crippen LogP contribution < -0.4 is 25.7 Å². The summed E-state index contributed by atoms with van der Waals surface area (Å²) in [6.07, 6.45) is 7.74. The van der Waals surface area contributed by atoms with E-state index in [-0.39, 0.29) is 48.8 Å². The van der Waals surface area contributed by atoms with Gasteiger partial charge in [-0.15, -0.1) is 0 Å². The van der Waals surface area contributed by atoms with Crippen LogP contribution in [0.1, 0.15) is 96.8 Å². The fourth-order valence-corrected chi connectivity index (χ4v) is 10.5. The molecule has 5 fully saturated rings. The lowest BCUT2D eigenvalue weighted by molar-refractivity contribution is -0.142. The average molecular weight is 766 g/mol. The molecule has 8 rings (SSSR count). The van der Waals surface area contributed by atoms with Crippen molar-refractivity contribution >= 4 is 44.6 Å². The number of benzene rings is 1. The monoisotopic (exact) mass is 765 g/mol. The van der Waals surface area contributed by atoms with E-state index in [4.69, 9.17) is 9.47 Å². The van der Waals surface area contributed by atoms with Gasteiger partial charge in [-0.3, -0.25) is 28.5 Å². The molecule has 1 aromatic carbocycles. The van der Waals surface area contributed by atoms with Gasteiger partial charge in [0.05, 0.1) is 11.8 Å². The molecule has 54 heavy (non-hydrogen) atoms. The molecule has 4 saturated carbocycles. The van der Waals surface area contributed by atoms with Crippen molar-refractivity contribution in [2.24, 2.45) is 17.8 Å². The largest absolute Gasteiger partial charge is 0.473 e. The highest BCUT2D eigenvalue weighted by atomic mass is 32.2. The molecule has 6 aliphatic rings. The first-order valence-corrected chi connectivity index (χ1v) is 21.5. The molecule has 15 heteroatoms. The first-order chi connectivity index (χ1) is 26.0. The molecule has 0 spiro atoms. The molecule has 1 aromatic heterocycles. The van der Waals surface area contributed by atoms with Crippen LogP contribution >= 0.6 is 0 Å². The second-order valence-corrected chi connectivity index (χ2v) is 18.4. The Morgan fingerprint density at radius 1 is 0.944 bits per heavy atom. The number of nitrogens with zero attached hydrogens (tertiary/aromatic N) is 2. The number of ether oxygens (including phenoxy) is 2. The molecule has 1 saturated heterocycles. The number of carbonyl (C=O) groups excluding carboxylic acids is 4. The van der Waals surface area contributed by atoms with Crippen molar-refractivity contribution < 1.29 is 37.1 Å². The van der Waals surface area contributed by atoms with E-state index < -0.39 is 62.8 Å². The number of pyridine rings is 1. The van der Waals surface area contributed by atoms with Crippen LogP contribution in [0.25, 0.3) is 10.8 Å². The van der Waals surface area contributed by atoms with Gasteiger partial charge >= 0.3 is 6.09 Å². The van der Waals surface area contributed by atoms with E-state index in [2.05, 4.69) is 15.4 Å². The second-order valence-electron chi connectivity index (χ2n) is 16.4. The second kappa shape index (κ2) is 14.5. The van der Waals surface area contributed by atoms with Gasteiger partial charge in [-0.2, -0.15) is 0 Å². The third-order valence-corrected chi connectivity index (χ3v) is 14.5. The molecular weight excluding hydrogens is 715 g/mol. The fraction of sp³-hybridized carbons (Fsp3) is 0.667. The van der Waals surface area contributed by atoms with Crippen molar-refractivity contribution in [2.45, 2.75) is 138 Å². The maximum atomic E-state index is 14.7. The van der Waals surface area contributed by atoms with Gasteiger partial charge in [0.2, 0.25) is 21.8 Å². The SMILES string of the molecule is CC[C@@H]1C[C@]1(NC(=O)[C@@H]1C[C@@H]2CN1C(=O)[C@H](C1CCCC1)NC(=O)O[C@@H]1C[C@@H]1CCCCCn1c(cc3ccccc3c1=O)O2)C(=O)NS(=O)(=O)C1CC1. The van der Waals surface area contributed by atoms with E-state index in [0.29, 0.717) is 42.5 Å². The number of hydrogen-bond acceptors (Lipinski definition) is 9. The lowest BCUT2D eigenvalue weighted by Crippen LogP contribution is -2.59. The van der Waals surface area contributed by atoms with Gasteiger partial charge in [0, 0.05) is 24.4 Å². The van der Waals surface area contributed by atoms with Gasteiger partial charge in [-0.25, -0.2) is 13.2 Å². The highest BCUT2D eigenvalue weighted by molar-refractivity contribution is 7.91. The minimum absolute atomic E-state index is 0.00491. The zero-order valence-corrected chi connectivity index (χ0v) is 31.6. The summed E-state index contributed by atoms with van der Waals surface area (Å²) >= 11 is 0. The van der Waals surface area contributed by atoms with Crippen molar-refractivity contribution in [1.82, 2.24) is 24.8 Å². The van der Waals surface area contributed by atoms with Gasteiger partial charge < -0.3 is 25.0 Å². The van der Waals surface area contributed by atoms with Crippen LogP contribution in [0.5, 0.6) is 5.88 Å². The number of hydrogen-bond donors (Lipinski definition) is 3. The standard InChI is InChI=1S/C39H51N5O9S/c1-2-26-21-39(26,37(48)42-54(50,51)28-15-16-28)41-34(45)30-20-27-22-44(30)36(47)33(23-10-5-6-11-23)40-38(49)53-31-18-25(31)13-4-3-9-17-43-32(52-27)19-24-12-7-8-14-29(24)35(43)46/h7-8,12,14,19,23,25-28,30-31,33H,2-6,9-11,13,15-18,20-22H2,1H3,(H,40,49)(H,41,45)(H,42,48)/t25-,26+,27+,30-,31+,33-,39+/m0/s1. The summed E-state index contributed by atoms with van der Waals surface area (Å²) in [5.74, 6) is -1.63. The van der Waals surface area contributed by atoms with Crippen molar-refractivity contribution in [2.75, 3.05) is 6.54 Å². The maximum absolute atomic E-state index is 14.7. The van der Waals surface area contributed by atoms with Gasteiger partial charge in [0.15, 0.2) is 5.88 Å². The smallest absolute Gasteiger partial charge is 0.408 e. The molecular formula is C39H51N5O9S. The number of nitrogens with one attached hydrogen (secondary N) is 3. The van der Waals surface area contributed by atoms with Gasteiger partial charge in [0.1, 0.15) is 29.8 Å². The summed E-state index contributed by atoms with van der Waals surface area (Å²) in [7, 11) is -3.87. The van der Waals surface area contributed by atoms with E-state index in [0.717, 1.165) is 57.8 Å². The predicted molar refractivity (Wildman–Crippen MR) is 198 cm³/mol. The summed E-state index contributed by atoms with van der Waals surface area (Å²) < 4.78 is 41.8. The summed E-state index contributed by atoms with van der Waals surface area (Å²) in [6, 6.07) is 7.12. The van der Waals surface area contributed by atoms with Crippen molar-refractivity contribution in [1.29, 1.82) is 0 Å². The number of aromatic nitrogens is 1. The molecule has 2 aliphatic heterocycles. The Balaban J connectivity index is 1.12. The highest BCUT2D eigenvalue weighted by Crippen LogP contribution is 2.47. The number of alkyl carbamates (subject to hydrolysis) is 1. The van der Waals surface area contributed by atoms with Crippen LogP contribution in [-0.4, -0.2) is 83.3 Å². The van der Waals surface area contributed by atoms with Gasteiger partial charge in [-0.05, 0) is 80.6 Å². The Kier molecular flexibility index (Phi) is 9.88. The normalized spacial score (nSPS) is 31.9. The minimum atomic E-state index is -3.87. The third kappa shape index (κ3) is 7.32. The van der Waals surface area contributed by atoms with Crippen LogP contribution in [0.2, 0.25) is 0 Å². The number of rotatable bonds is 7. The summed E-state index contributed by atoms with van der Waals surface area (Å²) in [5.41, 5.74) is -1.61. The van der Waals surface area contributed by atoms with Crippen molar-refractivity contribution in [3.63, 3.8) is 0 Å². The Morgan fingerprint density at radius 2 is 1.69 bits per heavy atom. The molecule has 3 heterocycles. The van der Waals surface area contributed by atoms with E-state index in [1.807, 2.05) is 31.2 Å².